The minimum Gasteiger partial charge on any atom is -0.467 e. The van der Waals surface area contributed by atoms with Gasteiger partial charge in [0.2, 0.25) is 0 Å². The number of rotatable bonds is 5. The standard InChI is InChI=1S/C21H18INO3/c1-26-21(25)19(13-16-8-4-5-9-18(16)22)23-20(24)17-11-10-14-6-2-3-7-15(14)12-17/h2-12,19H,13H2,1H3,(H,23,24)/t19-/m1/s1. The number of amides is 1. The molecule has 0 saturated carbocycles. The van der Waals surface area contributed by atoms with Crippen LogP contribution >= 0.6 is 22.6 Å². The van der Waals surface area contributed by atoms with E-state index in [9.17, 15) is 9.59 Å². The van der Waals surface area contributed by atoms with Crippen molar-refractivity contribution >= 4 is 45.2 Å². The van der Waals surface area contributed by atoms with E-state index in [-0.39, 0.29) is 5.91 Å². The van der Waals surface area contributed by atoms with Gasteiger partial charge >= 0.3 is 5.97 Å². The minimum atomic E-state index is -0.741. The smallest absolute Gasteiger partial charge is 0.328 e. The quantitative estimate of drug-likeness (QED) is 0.465. The number of ether oxygens (including phenoxy) is 1. The molecule has 3 rings (SSSR count). The van der Waals surface area contributed by atoms with Crippen molar-refractivity contribution in [3.63, 3.8) is 0 Å². The molecule has 0 aromatic heterocycles. The predicted molar refractivity (Wildman–Crippen MR) is 110 cm³/mol. The van der Waals surface area contributed by atoms with Gasteiger partial charge in [-0.05, 0) is 57.1 Å². The van der Waals surface area contributed by atoms with E-state index in [2.05, 4.69) is 27.9 Å². The predicted octanol–water partition coefficient (Wildman–Crippen LogP) is 3.96. The Morgan fingerprint density at radius 2 is 1.69 bits per heavy atom. The maximum atomic E-state index is 12.7. The summed E-state index contributed by atoms with van der Waals surface area (Å²) in [5, 5.41) is 4.85. The van der Waals surface area contributed by atoms with Crippen molar-refractivity contribution in [3.8, 4) is 0 Å². The second-order valence-electron chi connectivity index (χ2n) is 5.91. The van der Waals surface area contributed by atoms with Gasteiger partial charge in [-0.3, -0.25) is 4.79 Å². The molecule has 1 N–H and O–H groups in total. The van der Waals surface area contributed by atoms with Crippen LogP contribution in [0.4, 0.5) is 0 Å². The fourth-order valence-corrected chi connectivity index (χ4v) is 3.40. The van der Waals surface area contributed by atoms with Crippen LogP contribution in [0.25, 0.3) is 10.8 Å². The Kier molecular flexibility index (Phi) is 5.88. The van der Waals surface area contributed by atoms with Crippen LogP contribution in [0.1, 0.15) is 15.9 Å². The number of benzene rings is 3. The lowest BCUT2D eigenvalue weighted by atomic mass is 10.0. The van der Waals surface area contributed by atoms with E-state index in [1.54, 1.807) is 6.07 Å². The summed E-state index contributed by atoms with van der Waals surface area (Å²) in [7, 11) is 1.33. The van der Waals surface area contributed by atoms with Crippen LogP contribution in [0.5, 0.6) is 0 Å². The zero-order valence-electron chi connectivity index (χ0n) is 14.2. The van der Waals surface area contributed by atoms with Gasteiger partial charge < -0.3 is 10.1 Å². The van der Waals surface area contributed by atoms with Crippen molar-refractivity contribution in [1.82, 2.24) is 5.32 Å². The highest BCUT2D eigenvalue weighted by Crippen LogP contribution is 2.17. The number of hydrogen-bond acceptors (Lipinski definition) is 3. The van der Waals surface area contributed by atoms with Crippen LogP contribution < -0.4 is 5.32 Å². The van der Waals surface area contributed by atoms with E-state index >= 15 is 0 Å². The highest BCUT2D eigenvalue weighted by molar-refractivity contribution is 14.1. The van der Waals surface area contributed by atoms with Gasteiger partial charge in [0, 0.05) is 15.6 Å². The Balaban J connectivity index is 1.82. The van der Waals surface area contributed by atoms with Crippen LogP contribution in [0.3, 0.4) is 0 Å². The average Bonchev–Trinajstić information content (AvgIpc) is 2.68. The molecule has 1 amide bonds. The van der Waals surface area contributed by atoms with Crippen molar-refractivity contribution in [2.45, 2.75) is 12.5 Å². The molecule has 0 radical (unpaired) electrons. The first-order valence-electron chi connectivity index (χ1n) is 8.19. The first-order chi connectivity index (χ1) is 12.6. The topological polar surface area (TPSA) is 55.4 Å². The molecule has 26 heavy (non-hydrogen) atoms. The fourth-order valence-electron chi connectivity index (χ4n) is 2.79. The molecule has 0 spiro atoms. The Bertz CT molecular complexity index is 955. The van der Waals surface area contributed by atoms with Gasteiger partial charge in [0.05, 0.1) is 7.11 Å². The highest BCUT2D eigenvalue weighted by atomic mass is 127. The second kappa shape index (κ2) is 8.31. The Morgan fingerprint density at radius 3 is 2.42 bits per heavy atom. The number of halogens is 1. The summed E-state index contributed by atoms with van der Waals surface area (Å²) in [4.78, 5) is 24.8. The SMILES string of the molecule is COC(=O)[C@@H](Cc1ccccc1I)NC(=O)c1ccc2ccccc2c1. The zero-order valence-corrected chi connectivity index (χ0v) is 16.4. The van der Waals surface area contributed by atoms with Gasteiger partial charge in [0.15, 0.2) is 0 Å². The molecule has 4 nitrogen and oxygen atoms in total. The zero-order chi connectivity index (χ0) is 18.5. The largest absolute Gasteiger partial charge is 0.467 e. The maximum Gasteiger partial charge on any atom is 0.328 e. The van der Waals surface area contributed by atoms with Crippen LogP contribution in [0.15, 0.2) is 66.7 Å². The van der Waals surface area contributed by atoms with Crippen molar-refractivity contribution < 1.29 is 14.3 Å². The van der Waals surface area contributed by atoms with E-state index in [0.29, 0.717) is 12.0 Å². The second-order valence-corrected chi connectivity index (χ2v) is 7.07. The number of carbonyl (C=O) groups is 2. The summed E-state index contributed by atoms with van der Waals surface area (Å²) < 4.78 is 5.92. The molecule has 3 aromatic rings. The van der Waals surface area contributed by atoms with Crippen LogP contribution in [0.2, 0.25) is 0 Å². The van der Waals surface area contributed by atoms with Crippen LogP contribution in [-0.4, -0.2) is 25.0 Å². The van der Waals surface area contributed by atoms with E-state index in [1.807, 2.05) is 60.7 Å². The van der Waals surface area contributed by atoms with Gasteiger partial charge in [-0.15, -0.1) is 0 Å². The van der Waals surface area contributed by atoms with Gasteiger partial charge in [0.1, 0.15) is 6.04 Å². The third-order valence-electron chi connectivity index (χ3n) is 4.18. The van der Waals surface area contributed by atoms with Gasteiger partial charge in [-0.25, -0.2) is 4.79 Å². The first kappa shape index (κ1) is 18.4. The Hall–Kier alpha value is -2.41. The van der Waals surface area contributed by atoms with Gasteiger partial charge in [-0.2, -0.15) is 0 Å². The van der Waals surface area contributed by atoms with Gasteiger partial charge in [-0.1, -0.05) is 48.5 Å². The summed E-state index contributed by atoms with van der Waals surface area (Å²) in [6, 6.07) is 20.3. The number of methoxy groups -OCH3 is 1. The van der Waals surface area contributed by atoms with E-state index in [0.717, 1.165) is 19.9 Å². The molecule has 0 bridgehead atoms. The number of nitrogens with one attached hydrogen (secondary N) is 1. The van der Waals surface area contributed by atoms with E-state index < -0.39 is 12.0 Å². The number of hydrogen-bond donors (Lipinski definition) is 1. The molecular formula is C21H18INO3. The maximum absolute atomic E-state index is 12.7. The normalized spacial score (nSPS) is 11.8. The molecule has 0 aliphatic rings. The Labute approximate surface area is 165 Å². The first-order valence-corrected chi connectivity index (χ1v) is 9.27. The number of esters is 1. The Morgan fingerprint density at radius 1 is 1.00 bits per heavy atom. The molecule has 0 aliphatic heterocycles. The lowest BCUT2D eigenvalue weighted by molar-refractivity contribution is -0.142. The minimum absolute atomic E-state index is 0.294. The number of carbonyl (C=O) groups excluding carboxylic acids is 2. The van der Waals surface area contributed by atoms with Crippen molar-refractivity contribution in [2.75, 3.05) is 7.11 Å². The van der Waals surface area contributed by atoms with E-state index in [4.69, 9.17) is 4.74 Å². The molecule has 0 heterocycles. The third kappa shape index (κ3) is 4.22. The van der Waals surface area contributed by atoms with Crippen LogP contribution in [0, 0.1) is 3.57 Å². The molecular weight excluding hydrogens is 441 g/mol. The third-order valence-corrected chi connectivity index (χ3v) is 5.24. The van der Waals surface area contributed by atoms with Crippen LogP contribution in [-0.2, 0) is 16.0 Å². The molecule has 0 unspecified atom stereocenters. The molecule has 1 atom stereocenters. The molecule has 3 aromatic carbocycles. The molecule has 5 heteroatoms. The monoisotopic (exact) mass is 459 g/mol. The van der Waals surface area contributed by atoms with Gasteiger partial charge in [0.25, 0.3) is 5.91 Å². The van der Waals surface area contributed by atoms with Crippen molar-refractivity contribution in [2.24, 2.45) is 0 Å². The fraction of sp³-hybridized carbons (Fsp3) is 0.143. The summed E-state index contributed by atoms with van der Waals surface area (Å²) in [5.74, 6) is -0.754. The highest BCUT2D eigenvalue weighted by Gasteiger charge is 2.23. The van der Waals surface area contributed by atoms with Crippen molar-refractivity contribution in [3.05, 3.63) is 81.4 Å². The van der Waals surface area contributed by atoms with Crippen molar-refractivity contribution in [1.29, 1.82) is 0 Å². The molecule has 0 aliphatic carbocycles. The summed E-state index contributed by atoms with van der Waals surface area (Å²) in [6.07, 6.45) is 0.380. The summed E-state index contributed by atoms with van der Waals surface area (Å²) >= 11 is 2.22. The molecule has 132 valence electrons. The lowest BCUT2D eigenvalue weighted by Gasteiger charge is -2.17. The summed E-state index contributed by atoms with van der Waals surface area (Å²) in [6.45, 7) is 0. The lowest BCUT2D eigenvalue weighted by Crippen LogP contribution is -2.43. The molecule has 0 saturated heterocycles. The number of fused-ring (bicyclic) bond motifs is 1. The average molecular weight is 459 g/mol. The molecule has 0 fully saturated rings. The summed E-state index contributed by atoms with van der Waals surface area (Å²) in [5.41, 5.74) is 1.50. The van der Waals surface area contributed by atoms with E-state index in [1.165, 1.54) is 7.11 Å².